The highest BCUT2D eigenvalue weighted by Gasteiger charge is 2.40. The number of aryl methyl sites for hydroxylation is 1. The van der Waals surface area contributed by atoms with Crippen molar-refractivity contribution in [1.29, 1.82) is 0 Å². The van der Waals surface area contributed by atoms with Crippen molar-refractivity contribution in [1.82, 2.24) is 15.2 Å². The van der Waals surface area contributed by atoms with E-state index in [1.165, 1.54) is 0 Å². The predicted molar refractivity (Wildman–Crippen MR) is 126 cm³/mol. The molecule has 0 aliphatic carbocycles. The van der Waals surface area contributed by atoms with E-state index >= 15 is 0 Å². The maximum atomic E-state index is 13.3. The molecule has 6 heteroatoms. The number of nitrogens with zero attached hydrogens (tertiary/aromatic N) is 2. The van der Waals surface area contributed by atoms with Crippen molar-refractivity contribution in [3.8, 4) is 11.3 Å². The number of carbonyl (C=O) groups excluding carboxylic acids is 1. The number of oxazole rings is 1. The lowest BCUT2D eigenvalue weighted by Gasteiger charge is -2.49. The van der Waals surface area contributed by atoms with Crippen LogP contribution in [-0.4, -0.2) is 39.5 Å². The van der Waals surface area contributed by atoms with Gasteiger partial charge < -0.3 is 14.6 Å². The Hall–Kier alpha value is -1.85. The molecule has 0 spiro atoms. The van der Waals surface area contributed by atoms with Crippen LogP contribution in [0.15, 0.2) is 34.9 Å². The molecule has 1 aliphatic heterocycles. The summed E-state index contributed by atoms with van der Waals surface area (Å²) in [6, 6.07) is 7.78. The number of piperidine rings is 1. The van der Waals surface area contributed by atoms with Crippen LogP contribution in [0.4, 0.5) is 0 Å². The minimum absolute atomic E-state index is 0.00355. The summed E-state index contributed by atoms with van der Waals surface area (Å²) in [6.07, 6.45) is 6.59. The van der Waals surface area contributed by atoms with E-state index in [1.54, 1.807) is 6.20 Å². The van der Waals surface area contributed by atoms with Gasteiger partial charge in [0.15, 0.2) is 11.7 Å². The zero-order chi connectivity index (χ0) is 22.6. The van der Waals surface area contributed by atoms with Crippen LogP contribution in [-0.2, 0) is 11.2 Å². The van der Waals surface area contributed by atoms with Gasteiger partial charge in [-0.1, -0.05) is 37.1 Å². The Bertz CT molecular complexity index is 874. The van der Waals surface area contributed by atoms with Gasteiger partial charge in [0.05, 0.1) is 11.2 Å². The highest BCUT2D eigenvalue weighted by atomic mass is 35.5. The molecule has 31 heavy (non-hydrogen) atoms. The average Bonchev–Trinajstić information content (AvgIpc) is 3.13. The van der Waals surface area contributed by atoms with Gasteiger partial charge in [0.1, 0.15) is 0 Å². The van der Waals surface area contributed by atoms with Crippen molar-refractivity contribution in [3.05, 3.63) is 41.4 Å². The fourth-order valence-corrected chi connectivity index (χ4v) is 5.13. The molecule has 1 N–H and O–H groups in total. The smallest absolute Gasteiger partial charge is 0.223 e. The van der Waals surface area contributed by atoms with E-state index in [0.717, 1.165) is 37.8 Å². The molecule has 1 aromatic heterocycles. The van der Waals surface area contributed by atoms with Crippen molar-refractivity contribution < 1.29 is 9.21 Å². The molecule has 0 bridgehead atoms. The third-order valence-electron chi connectivity index (χ3n) is 5.93. The summed E-state index contributed by atoms with van der Waals surface area (Å²) >= 11 is 6.26. The second-order valence-electron chi connectivity index (χ2n) is 9.99. The van der Waals surface area contributed by atoms with Crippen molar-refractivity contribution in [2.45, 2.75) is 90.3 Å². The number of rotatable bonds is 8. The maximum absolute atomic E-state index is 13.3. The fourth-order valence-electron chi connectivity index (χ4n) is 4.90. The monoisotopic (exact) mass is 445 g/mol. The number of halogens is 1. The Morgan fingerprint density at radius 2 is 1.90 bits per heavy atom. The van der Waals surface area contributed by atoms with E-state index < -0.39 is 0 Å². The number of unbranched alkanes of at least 4 members (excludes halogenated alkanes) is 1. The van der Waals surface area contributed by atoms with E-state index in [9.17, 15) is 4.79 Å². The number of nitrogens with one attached hydrogen (secondary N) is 1. The molecular formula is C25H36ClN3O2. The minimum Gasteiger partial charge on any atom is -0.441 e. The van der Waals surface area contributed by atoms with Crippen LogP contribution in [0, 0.1) is 0 Å². The van der Waals surface area contributed by atoms with Crippen LogP contribution in [0.5, 0.6) is 0 Å². The highest BCUT2D eigenvalue weighted by molar-refractivity contribution is 6.33. The average molecular weight is 446 g/mol. The summed E-state index contributed by atoms with van der Waals surface area (Å²) in [5.74, 6) is 1.40. The Kier molecular flexibility index (Phi) is 7.48. The summed E-state index contributed by atoms with van der Waals surface area (Å²) in [4.78, 5) is 19.8. The van der Waals surface area contributed by atoms with Gasteiger partial charge in [0.2, 0.25) is 5.91 Å². The van der Waals surface area contributed by atoms with Gasteiger partial charge in [0, 0.05) is 42.1 Å². The third kappa shape index (κ3) is 6.33. The van der Waals surface area contributed by atoms with E-state index in [-0.39, 0.29) is 23.0 Å². The summed E-state index contributed by atoms with van der Waals surface area (Å²) in [5, 5.41) is 4.35. The van der Waals surface area contributed by atoms with Crippen LogP contribution in [0.25, 0.3) is 11.3 Å². The lowest BCUT2D eigenvalue weighted by molar-refractivity contribution is -0.135. The molecule has 2 heterocycles. The first-order valence-corrected chi connectivity index (χ1v) is 11.8. The largest absolute Gasteiger partial charge is 0.441 e. The van der Waals surface area contributed by atoms with Crippen molar-refractivity contribution in [2.75, 3.05) is 6.54 Å². The van der Waals surface area contributed by atoms with E-state index in [0.29, 0.717) is 29.5 Å². The van der Waals surface area contributed by atoms with E-state index in [1.807, 2.05) is 24.3 Å². The van der Waals surface area contributed by atoms with Gasteiger partial charge in [-0.2, -0.15) is 0 Å². The molecular weight excluding hydrogens is 410 g/mol. The van der Waals surface area contributed by atoms with Gasteiger partial charge >= 0.3 is 0 Å². The Morgan fingerprint density at radius 3 is 2.55 bits per heavy atom. The number of aromatic nitrogens is 1. The standard InChI is InChI=1S/C25H36ClN3O2/c1-6-7-14-29(18-15-24(2,3)28-25(4,5)16-18)23(30)13-12-22-27-17-21(31-22)19-10-8-9-11-20(19)26/h8-11,17-18,28H,6-7,12-16H2,1-5H3. The molecule has 1 aliphatic rings. The molecule has 1 amide bonds. The SMILES string of the molecule is CCCCN(C(=O)CCc1ncc(-c2ccccc2Cl)o1)C1CC(C)(C)NC(C)(C)C1. The van der Waals surface area contributed by atoms with Gasteiger partial charge in [-0.15, -0.1) is 0 Å². The normalized spacial score (nSPS) is 18.1. The zero-order valence-corrected chi connectivity index (χ0v) is 20.3. The summed E-state index contributed by atoms with van der Waals surface area (Å²) in [6.45, 7) is 11.9. The molecule has 0 atom stereocenters. The van der Waals surface area contributed by atoms with Crippen LogP contribution < -0.4 is 5.32 Å². The number of carbonyl (C=O) groups is 1. The van der Waals surface area contributed by atoms with Crippen molar-refractivity contribution in [3.63, 3.8) is 0 Å². The quantitative estimate of drug-likeness (QED) is 0.552. The van der Waals surface area contributed by atoms with Gasteiger partial charge in [-0.05, 0) is 59.1 Å². The Morgan fingerprint density at radius 1 is 1.23 bits per heavy atom. The van der Waals surface area contributed by atoms with Crippen molar-refractivity contribution >= 4 is 17.5 Å². The number of benzene rings is 1. The highest BCUT2D eigenvalue weighted by Crippen LogP contribution is 2.32. The summed E-state index contributed by atoms with van der Waals surface area (Å²) < 4.78 is 5.90. The maximum Gasteiger partial charge on any atom is 0.223 e. The Labute approximate surface area is 191 Å². The van der Waals surface area contributed by atoms with Crippen molar-refractivity contribution in [2.24, 2.45) is 0 Å². The van der Waals surface area contributed by atoms with E-state index in [2.05, 4.69) is 49.8 Å². The first-order chi connectivity index (χ1) is 14.6. The number of amides is 1. The zero-order valence-electron chi connectivity index (χ0n) is 19.5. The number of hydrogen-bond acceptors (Lipinski definition) is 4. The second-order valence-corrected chi connectivity index (χ2v) is 10.4. The fraction of sp³-hybridized carbons (Fsp3) is 0.600. The molecule has 2 aromatic rings. The molecule has 3 rings (SSSR count). The number of hydrogen-bond donors (Lipinski definition) is 1. The van der Waals surface area contributed by atoms with Gasteiger partial charge in [-0.25, -0.2) is 4.98 Å². The molecule has 170 valence electrons. The molecule has 0 unspecified atom stereocenters. The second kappa shape index (κ2) is 9.74. The lowest BCUT2D eigenvalue weighted by Crippen LogP contribution is -2.62. The molecule has 1 saturated heterocycles. The van der Waals surface area contributed by atoms with Crippen LogP contribution >= 0.6 is 11.6 Å². The van der Waals surface area contributed by atoms with Crippen LogP contribution in [0.1, 0.15) is 72.6 Å². The third-order valence-corrected chi connectivity index (χ3v) is 6.26. The first-order valence-electron chi connectivity index (χ1n) is 11.4. The lowest BCUT2D eigenvalue weighted by atomic mass is 9.79. The van der Waals surface area contributed by atoms with Crippen LogP contribution in [0.2, 0.25) is 5.02 Å². The Balaban J connectivity index is 1.68. The first kappa shape index (κ1) is 23.8. The van der Waals surface area contributed by atoms with Gasteiger partial charge in [-0.3, -0.25) is 4.79 Å². The molecule has 0 radical (unpaired) electrons. The summed E-state index contributed by atoms with van der Waals surface area (Å²) in [5.41, 5.74) is 0.825. The predicted octanol–water partition coefficient (Wildman–Crippen LogP) is 5.87. The molecule has 0 saturated carbocycles. The van der Waals surface area contributed by atoms with Crippen LogP contribution in [0.3, 0.4) is 0 Å². The van der Waals surface area contributed by atoms with Gasteiger partial charge in [0.25, 0.3) is 0 Å². The minimum atomic E-state index is 0.00355. The molecule has 1 aromatic carbocycles. The molecule has 5 nitrogen and oxygen atoms in total. The van der Waals surface area contributed by atoms with E-state index in [4.69, 9.17) is 16.0 Å². The molecule has 1 fully saturated rings. The summed E-state index contributed by atoms with van der Waals surface area (Å²) in [7, 11) is 0. The topological polar surface area (TPSA) is 58.4 Å².